The number of ether oxygens (including phenoxy) is 1. The van der Waals surface area contributed by atoms with Crippen molar-refractivity contribution in [1.29, 1.82) is 5.26 Å². The number of carbonyl (C=O) groups is 2. The van der Waals surface area contributed by atoms with Gasteiger partial charge in [-0.15, -0.1) is 0 Å². The fourth-order valence-corrected chi connectivity index (χ4v) is 2.29. The fraction of sp³-hybridized carbons (Fsp3) is 0.150. The lowest BCUT2D eigenvalue weighted by Gasteiger charge is -2.13. The third-order valence-electron chi connectivity index (χ3n) is 3.49. The zero-order valence-electron chi connectivity index (χ0n) is 14.3. The summed E-state index contributed by atoms with van der Waals surface area (Å²) in [6.07, 6.45) is 0.391. The molecule has 26 heavy (non-hydrogen) atoms. The van der Waals surface area contributed by atoms with Crippen LogP contribution in [0.15, 0.2) is 58.6 Å². The highest BCUT2D eigenvalue weighted by Gasteiger charge is 2.20. The van der Waals surface area contributed by atoms with Gasteiger partial charge in [0.05, 0.1) is 0 Å². The van der Waals surface area contributed by atoms with Crippen molar-refractivity contribution in [2.24, 2.45) is 0 Å². The summed E-state index contributed by atoms with van der Waals surface area (Å²) < 4.78 is 5.99. The molecule has 0 bridgehead atoms. The molecule has 0 aliphatic rings. The Kier molecular flexibility index (Phi) is 6.70. The number of nitrogens with zero attached hydrogens (tertiary/aromatic N) is 1. The maximum Gasteiger partial charge on any atom is 0.349 e. The van der Waals surface area contributed by atoms with E-state index in [9.17, 15) is 14.9 Å². The molecule has 132 valence electrons. The Morgan fingerprint density at radius 3 is 2.35 bits per heavy atom. The third-order valence-corrected chi connectivity index (χ3v) is 4.02. The summed E-state index contributed by atoms with van der Waals surface area (Å²) in [5.41, 5.74) is 2.19. The zero-order valence-corrected chi connectivity index (χ0v) is 15.9. The van der Waals surface area contributed by atoms with Gasteiger partial charge in [0.2, 0.25) is 0 Å². The maximum absolute atomic E-state index is 12.2. The number of hydrogen-bond donors (Lipinski definition) is 1. The Morgan fingerprint density at radius 1 is 1.15 bits per heavy atom. The van der Waals surface area contributed by atoms with Crippen molar-refractivity contribution >= 4 is 39.6 Å². The number of rotatable bonds is 5. The van der Waals surface area contributed by atoms with E-state index in [4.69, 9.17) is 4.74 Å². The van der Waals surface area contributed by atoms with Crippen molar-refractivity contribution < 1.29 is 14.3 Å². The molecule has 0 aliphatic carbocycles. The predicted molar refractivity (Wildman–Crippen MR) is 103 cm³/mol. The Balaban J connectivity index is 2.01. The number of halogens is 1. The van der Waals surface area contributed by atoms with Crippen molar-refractivity contribution in [3.63, 3.8) is 0 Å². The Morgan fingerprint density at radius 2 is 1.77 bits per heavy atom. The van der Waals surface area contributed by atoms with Crippen LogP contribution >= 0.6 is 15.9 Å². The monoisotopic (exact) mass is 412 g/mol. The summed E-state index contributed by atoms with van der Waals surface area (Å²) in [6, 6.07) is 16.2. The lowest BCUT2D eigenvalue weighted by atomic mass is 10.1. The van der Waals surface area contributed by atoms with Gasteiger partial charge in [-0.25, -0.2) is 4.79 Å². The summed E-state index contributed by atoms with van der Waals surface area (Å²) in [4.78, 5) is 24.3. The number of benzene rings is 2. The molecule has 0 saturated heterocycles. The number of nitrogens with one attached hydrogen (secondary N) is 1. The van der Waals surface area contributed by atoms with Crippen LogP contribution in [0.25, 0.3) is 6.08 Å². The standard InChI is InChI=1S/C20H17BrN2O3/c1-13-3-5-15(6-4-13)11-16(12-22)20(25)26-14(2)19(24)23-18-9-7-17(21)8-10-18/h3-11,14H,1-2H3,(H,23,24)/b16-11+/t14-/m1/s1. The highest BCUT2D eigenvalue weighted by atomic mass is 79.9. The maximum atomic E-state index is 12.2. The predicted octanol–water partition coefficient (Wildman–Crippen LogP) is 4.23. The lowest BCUT2D eigenvalue weighted by Crippen LogP contribution is -2.30. The molecule has 0 heterocycles. The molecule has 0 saturated carbocycles. The van der Waals surface area contributed by atoms with E-state index in [1.54, 1.807) is 36.4 Å². The first-order valence-corrected chi connectivity index (χ1v) is 8.64. The molecule has 1 atom stereocenters. The molecular formula is C20H17BrN2O3. The molecule has 0 aliphatic heterocycles. The Hall–Kier alpha value is -2.91. The van der Waals surface area contributed by atoms with E-state index in [2.05, 4.69) is 21.2 Å². The third kappa shape index (κ3) is 5.57. The van der Waals surface area contributed by atoms with E-state index in [1.807, 2.05) is 25.1 Å². The molecule has 6 heteroatoms. The smallest absolute Gasteiger partial charge is 0.349 e. The average molecular weight is 413 g/mol. The summed E-state index contributed by atoms with van der Waals surface area (Å²) in [6.45, 7) is 3.39. The van der Waals surface area contributed by atoms with Gasteiger partial charge in [0.15, 0.2) is 6.10 Å². The number of aryl methyl sites for hydroxylation is 1. The minimum Gasteiger partial charge on any atom is -0.448 e. The van der Waals surface area contributed by atoms with Crippen molar-refractivity contribution in [3.8, 4) is 6.07 Å². The zero-order chi connectivity index (χ0) is 19.1. The van der Waals surface area contributed by atoms with E-state index in [0.717, 1.165) is 10.0 Å². The van der Waals surface area contributed by atoms with Crippen LogP contribution in [0.5, 0.6) is 0 Å². The quantitative estimate of drug-likeness (QED) is 0.452. The van der Waals surface area contributed by atoms with Crippen LogP contribution in [-0.2, 0) is 14.3 Å². The van der Waals surface area contributed by atoms with Crippen LogP contribution in [0.4, 0.5) is 5.69 Å². The van der Waals surface area contributed by atoms with Gasteiger partial charge in [-0.3, -0.25) is 4.79 Å². The molecule has 2 aromatic rings. The highest BCUT2D eigenvalue weighted by Crippen LogP contribution is 2.15. The van der Waals surface area contributed by atoms with E-state index >= 15 is 0 Å². The Bertz CT molecular complexity index is 865. The molecule has 5 nitrogen and oxygen atoms in total. The number of carbonyl (C=O) groups excluding carboxylic acids is 2. The van der Waals surface area contributed by atoms with E-state index in [1.165, 1.54) is 13.0 Å². The van der Waals surface area contributed by atoms with Gasteiger partial charge >= 0.3 is 5.97 Å². The number of esters is 1. The molecule has 2 aromatic carbocycles. The highest BCUT2D eigenvalue weighted by molar-refractivity contribution is 9.10. The van der Waals surface area contributed by atoms with Crippen molar-refractivity contribution in [2.45, 2.75) is 20.0 Å². The molecule has 0 radical (unpaired) electrons. The molecule has 2 rings (SSSR count). The van der Waals surface area contributed by atoms with Crippen molar-refractivity contribution in [1.82, 2.24) is 0 Å². The normalized spacial score (nSPS) is 12.0. The number of hydrogen-bond acceptors (Lipinski definition) is 4. The Labute approximate surface area is 160 Å². The minimum absolute atomic E-state index is 0.169. The number of amides is 1. The number of nitriles is 1. The van der Waals surface area contributed by atoms with Gasteiger partial charge in [-0.2, -0.15) is 5.26 Å². The van der Waals surface area contributed by atoms with Crippen molar-refractivity contribution in [3.05, 3.63) is 69.7 Å². The fourth-order valence-electron chi connectivity index (χ4n) is 2.02. The summed E-state index contributed by atoms with van der Waals surface area (Å²) in [5, 5.41) is 11.8. The largest absolute Gasteiger partial charge is 0.448 e. The number of anilines is 1. The summed E-state index contributed by atoms with van der Waals surface area (Å²) in [7, 11) is 0. The first-order valence-electron chi connectivity index (χ1n) is 7.85. The summed E-state index contributed by atoms with van der Waals surface area (Å²) in [5.74, 6) is -1.32. The second-order valence-electron chi connectivity index (χ2n) is 5.62. The van der Waals surface area contributed by atoms with E-state index in [-0.39, 0.29) is 5.57 Å². The van der Waals surface area contributed by atoms with Crippen LogP contribution in [0.3, 0.4) is 0 Å². The first-order chi connectivity index (χ1) is 12.4. The molecule has 1 N–H and O–H groups in total. The average Bonchev–Trinajstić information content (AvgIpc) is 2.62. The summed E-state index contributed by atoms with van der Waals surface area (Å²) >= 11 is 3.31. The molecule has 0 unspecified atom stereocenters. The van der Waals surface area contributed by atoms with Gasteiger partial charge in [0, 0.05) is 10.2 Å². The van der Waals surface area contributed by atoms with Gasteiger partial charge in [-0.1, -0.05) is 45.8 Å². The van der Waals surface area contributed by atoms with Crippen LogP contribution in [0.1, 0.15) is 18.1 Å². The first kappa shape index (κ1) is 19.4. The molecule has 1 amide bonds. The van der Waals surface area contributed by atoms with Crippen molar-refractivity contribution in [2.75, 3.05) is 5.32 Å². The van der Waals surface area contributed by atoms with Gasteiger partial charge in [0.1, 0.15) is 11.6 Å². The van der Waals surface area contributed by atoms with Crippen LogP contribution in [-0.4, -0.2) is 18.0 Å². The van der Waals surface area contributed by atoms with Crippen LogP contribution < -0.4 is 5.32 Å². The minimum atomic E-state index is -1.04. The lowest BCUT2D eigenvalue weighted by molar-refractivity contribution is -0.148. The molecule has 0 fully saturated rings. The molecule has 0 spiro atoms. The van der Waals surface area contributed by atoms with Gasteiger partial charge in [0.25, 0.3) is 5.91 Å². The van der Waals surface area contributed by atoms with Crippen LogP contribution in [0, 0.1) is 18.3 Å². The van der Waals surface area contributed by atoms with E-state index in [0.29, 0.717) is 11.3 Å². The SMILES string of the molecule is Cc1ccc(/C=C(\C#N)C(=O)O[C@H](C)C(=O)Nc2ccc(Br)cc2)cc1. The second kappa shape index (κ2) is 8.97. The topological polar surface area (TPSA) is 79.2 Å². The molecule has 0 aromatic heterocycles. The van der Waals surface area contributed by atoms with Crippen LogP contribution in [0.2, 0.25) is 0 Å². The molecular weight excluding hydrogens is 396 g/mol. The van der Waals surface area contributed by atoms with E-state index < -0.39 is 18.0 Å². The second-order valence-corrected chi connectivity index (χ2v) is 6.54. The van der Waals surface area contributed by atoms with Gasteiger partial charge in [-0.05, 0) is 49.8 Å². The van der Waals surface area contributed by atoms with Gasteiger partial charge < -0.3 is 10.1 Å².